The maximum atomic E-state index is 12.3. The molecule has 0 spiro atoms. The predicted octanol–water partition coefficient (Wildman–Crippen LogP) is 6.74. The van der Waals surface area contributed by atoms with Crippen molar-refractivity contribution in [2.45, 2.75) is 37.5 Å². The third-order valence-corrected chi connectivity index (χ3v) is 7.84. The van der Waals surface area contributed by atoms with Gasteiger partial charge >= 0.3 is 5.97 Å². The molecule has 1 saturated carbocycles. The monoisotopic (exact) mass is 529 g/mol. The van der Waals surface area contributed by atoms with E-state index in [1.807, 2.05) is 84.0 Å². The number of carbonyl (C=O) groups is 1. The number of pyridine rings is 1. The summed E-state index contributed by atoms with van der Waals surface area (Å²) in [6.07, 6.45) is 20.0. The van der Waals surface area contributed by atoms with Crippen LogP contribution in [0.15, 0.2) is 127 Å². The number of carboxylic acids is 1. The molecule has 3 heterocycles. The van der Waals surface area contributed by atoms with Gasteiger partial charge in [0.15, 0.2) is 0 Å². The fraction of sp³-hybridized carbons (Fsp3) is 0.176. The molecule has 1 aliphatic heterocycles. The van der Waals surface area contributed by atoms with Crippen LogP contribution in [0.25, 0.3) is 5.69 Å². The summed E-state index contributed by atoms with van der Waals surface area (Å²) in [5.74, 6) is 0.542. The van der Waals surface area contributed by atoms with Crippen LogP contribution in [0.4, 0.5) is 0 Å². The first-order valence-electron chi connectivity index (χ1n) is 13.6. The van der Waals surface area contributed by atoms with Gasteiger partial charge in [-0.3, -0.25) is 4.98 Å². The van der Waals surface area contributed by atoms with Gasteiger partial charge in [0.25, 0.3) is 0 Å². The highest BCUT2D eigenvalue weighted by molar-refractivity contribution is 5.93. The first-order chi connectivity index (χ1) is 19.6. The minimum Gasteiger partial charge on any atom is -0.478 e. The fourth-order valence-corrected chi connectivity index (χ4v) is 5.68. The van der Waals surface area contributed by atoms with Crippen LogP contribution in [0.2, 0.25) is 0 Å². The highest BCUT2D eigenvalue weighted by Crippen LogP contribution is 2.52. The minimum absolute atomic E-state index is 0.282. The van der Waals surface area contributed by atoms with Crippen LogP contribution in [0.1, 0.15) is 46.3 Å². The number of aryl methyl sites for hydroxylation is 2. The lowest BCUT2D eigenvalue weighted by Crippen LogP contribution is -2.42. The van der Waals surface area contributed by atoms with Gasteiger partial charge in [0.2, 0.25) is 0 Å². The highest BCUT2D eigenvalue weighted by atomic mass is 16.5. The molecule has 2 N–H and O–H groups in total. The van der Waals surface area contributed by atoms with Crippen LogP contribution >= 0.6 is 0 Å². The van der Waals surface area contributed by atoms with Crippen molar-refractivity contribution in [2.24, 2.45) is 0 Å². The molecule has 2 aromatic carbocycles. The molecule has 1 aliphatic carbocycles. The summed E-state index contributed by atoms with van der Waals surface area (Å²) >= 11 is 0. The van der Waals surface area contributed by atoms with Gasteiger partial charge in [-0.1, -0.05) is 42.8 Å². The Kier molecular flexibility index (Phi) is 7.06. The van der Waals surface area contributed by atoms with E-state index in [2.05, 4.69) is 34.6 Å². The van der Waals surface area contributed by atoms with Crippen molar-refractivity contribution in [3.63, 3.8) is 0 Å². The maximum absolute atomic E-state index is 12.3. The molecule has 0 unspecified atom stereocenters. The van der Waals surface area contributed by atoms with E-state index in [0.29, 0.717) is 5.69 Å². The van der Waals surface area contributed by atoms with Crippen molar-refractivity contribution < 1.29 is 14.6 Å². The van der Waals surface area contributed by atoms with E-state index >= 15 is 0 Å². The summed E-state index contributed by atoms with van der Waals surface area (Å²) in [7, 11) is 0. The number of allylic oxidation sites excluding steroid dienone is 4. The van der Waals surface area contributed by atoms with Gasteiger partial charge in [-0.15, -0.1) is 0 Å². The third kappa shape index (κ3) is 4.96. The van der Waals surface area contributed by atoms with Crippen molar-refractivity contribution in [1.29, 1.82) is 0 Å². The lowest BCUT2D eigenvalue weighted by molar-refractivity contribution is 0.0696. The average molecular weight is 530 g/mol. The Labute approximate surface area is 234 Å². The van der Waals surface area contributed by atoms with Gasteiger partial charge in [0.05, 0.1) is 16.9 Å². The van der Waals surface area contributed by atoms with E-state index in [1.165, 1.54) is 11.1 Å². The molecule has 2 aliphatic rings. The Morgan fingerprint density at radius 2 is 1.75 bits per heavy atom. The fourth-order valence-electron chi connectivity index (χ4n) is 5.68. The molecule has 6 nitrogen and oxygen atoms in total. The molecule has 6 rings (SSSR count). The molecular formula is C34H31N3O3. The zero-order valence-corrected chi connectivity index (χ0v) is 22.2. The first kappa shape index (κ1) is 25.4. The molecule has 2 aromatic heterocycles. The average Bonchev–Trinajstić information content (AvgIpc) is 3.40. The summed E-state index contributed by atoms with van der Waals surface area (Å²) in [6, 6.07) is 21.7. The molecular weight excluding hydrogens is 498 g/mol. The van der Waals surface area contributed by atoms with E-state index < -0.39 is 11.4 Å². The standard InChI is InChI=1S/C34H31N3O3/c38-33(39)28-9-5-10-29(31(28)37-22-3-4-23-37)34(18-7-19-34)32-30(11-1-2-21-36-32)40-27-16-14-25(15-17-27)12-13-26-8-6-20-35-24-26/h1-6,8-11,14-17,20-24,36H,7,12-13,18-19H2,(H,38,39). The van der Waals surface area contributed by atoms with Gasteiger partial charge in [-0.2, -0.15) is 0 Å². The smallest absolute Gasteiger partial charge is 0.337 e. The third-order valence-electron chi connectivity index (χ3n) is 7.84. The zero-order valence-electron chi connectivity index (χ0n) is 22.2. The second-order valence-electron chi connectivity index (χ2n) is 10.2. The van der Waals surface area contributed by atoms with Gasteiger partial charge in [-0.25, -0.2) is 4.79 Å². The topological polar surface area (TPSA) is 76.4 Å². The van der Waals surface area contributed by atoms with E-state index in [1.54, 1.807) is 12.3 Å². The molecule has 0 atom stereocenters. The lowest BCUT2D eigenvalue weighted by atomic mass is 9.61. The van der Waals surface area contributed by atoms with E-state index in [0.717, 1.165) is 54.9 Å². The Bertz CT molecular complexity index is 1580. The van der Waals surface area contributed by atoms with Crippen LogP contribution in [-0.4, -0.2) is 20.6 Å². The van der Waals surface area contributed by atoms with Crippen molar-refractivity contribution in [3.05, 3.63) is 150 Å². The second kappa shape index (κ2) is 11.1. The number of aromatic carboxylic acids is 1. The predicted molar refractivity (Wildman–Crippen MR) is 155 cm³/mol. The number of nitrogens with zero attached hydrogens (tertiary/aromatic N) is 2. The quantitative estimate of drug-likeness (QED) is 0.251. The second-order valence-corrected chi connectivity index (χ2v) is 10.2. The van der Waals surface area contributed by atoms with Gasteiger partial charge in [-0.05, 0) is 90.9 Å². The highest BCUT2D eigenvalue weighted by Gasteiger charge is 2.46. The molecule has 40 heavy (non-hydrogen) atoms. The Balaban J connectivity index is 1.35. The Hall–Kier alpha value is -4.84. The van der Waals surface area contributed by atoms with Crippen LogP contribution in [0, 0.1) is 0 Å². The van der Waals surface area contributed by atoms with Gasteiger partial charge in [0.1, 0.15) is 11.5 Å². The maximum Gasteiger partial charge on any atom is 0.337 e. The molecule has 0 amide bonds. The molecule has 0 bridgehead atoms. The van der Waals surface area contributed by atoms with Crippen LogP contribution in [-0.2, 0) is 18.3 Å². The Morgan fingerprint density at radius 1 is 0.950 bits per heavy atom. The van der Waals surface area contributed by atoms with Gasteiger partial charge in [0, 0.05) is 36.4 Å². The van der Waals surface area contributed by atoms with Crippen molar-refractivity contribution in [2.75, 3.05) is 0 Å². The number of rotatable bonds is 9. The van der Waals surface area contributed by atoms with Crippen LogP contribution < -0.4 is 10.1 Å². The van der Waals surface area contributed by atoms with Crippen LogP contribution in [0.5, 0.6) is 5.75 Å². The number of aromatic nitrogens is 2. The number of hydrogen-bond acceptors (Lipinski definition) is 4. The molecule has 0 radical (unpaired) electrons. The largest absolute Gasteiger partial charge is 0.478 e. The molecule has 6 heteroatoms. The lowest BCUT2D eigenvalue weighted by Gasteiger charge is -2.45. The number of nitrogens with one attached hydrogen (secondary N) is 1. The van der Waals surface area contributed by atoms with Crippen LogP contribution in [0.3, 0.4) is 0 Å². The molecule has 200 valence electrons. The number of benzene rings is 2. The normalized spacial score (nSPS) is 15.7. The summed E-state index contributed by atoms with van der Waals surface area (Å²) in [6.45, 7) is 0. The number of para-hydroxylation sites is 1. The van der Waals surface area contributed by atoms with Crippen molar-refractivity contribution in [3.8, 4) is 11.4 Å². The van der Waals surface area contributed by atoms with E-state index in [4.69, 9.17) is 4.74 Å². The van der Waals surface area contributed by atoms with Crippen molar-refractivity contribution in [1.82, 2.24) is 14.9 Å². The number of ether oxygens (including phenoxy) is 1. The summed E-state index contributed by atoms with van der Waals surface area (Å²) < 4.78 is 8.44. The molecule has 0 saturated heterocycles. The van der Waals surface area contributed by atoms with E-state index in [9.17, 15) is 9.90 Å². The van der Waals surface area contributed by atoms with Gasteiger partial charge < -0.3 is 19.7 Å². The van der Waals surface area contributed by atoms with E-state index in [-0.39, 0.29) is 5.56 Å². The Morgan fingerprint density at radius 3 is 2.45 bits per heavy atom. The minimum atomic E-state index is -0.942. The summed E-state index contributed by atoms with van der Waals surface area (Å²) in [4.78, 5) is 16.5. The van der Waals surface area contributed by atoms with Crippen molar-refractivity contribution >= 4 is 5.97 Å². The molecule has 1 fully saturated rings. The first-order valence-corrected chi connectivity index (χ1v) is 13.6. The molecule has 4 aromatic rings. The number of hydrogen-bond donors (Lipinski definition) is 2. The summed E-state index contributed by atoms with van der Waals surface area (Å²) in [5.41, 5.74) is 4.94. The summed E-state index contributed by atoms with van der Waals surface area (Å²) in [5, 5.41) is 13.6. The number of carboxylic acid groups (broad SMARTS) is 1. The zero-order chi connectivity index (χ0) is 27.4. The SMILES string of the molecule is O=C(O)c1cccc(C2(C3=C(Oc4ccc(CCc5cccnc5)cc4)C=CC=CN3)CCC2)c1-n1cccc1.